The summed E-state index contributed by atoms with van der Waals surface area (Å²) in [6.07, 6.45) is -8.88. The lowest BCUT2D eigenvalue weighted by molar-refractivity contribution is -0.304. The molecule has 1 aliphatic rings. The fraction of sp³-hybridized carbons (Fsp3) is 0.435. The second kappa shape index (κ2) is 11.6. The number of rotatable bonds is 9. The molecule has 1 unspecified atom stereocenters. The quantitative estimate of drug-likeness (QED) is 0.151. The Bertz CT molecular complexity index is 1040. The van der Waals surface area contributed by atoms with Gasteiger partial charge in [-0.2, -0.15) is 0 Å². The van der Waals surface area contributed by atoms with Crippen LogP contribution in [0.1, 0.15) is 15.9 Å². The number of aliphatic hydroxyl groups excluding tert-OH is 4. The Morgan fingerprint density at radius 1 is 0.972 bits per heavy atom. The molecule has 0 aromatic heterocycles. The van der Waals surface area contributed by atoms with Gasteiger partial charge >= 0.3 is 5.97 Å². The van der Waals surface area contributed by atoms with E-state index in [4.69, 9.17) is 18.9 Å². The highest BCUT2D eigenvalue weighted by atomic mass is 16.7. The standard InChI is InChI=1S/C23H28O13/c1-33-16-5-10(2-3-13(16)25)4-12(24)8-35-23-21(31)20(30)19(29)17(36-23)9-34-22(32)11-6-14(26)18(28)15(27)7-11/h2-3,5-7,12,17,19-21,23-31H,4,8-9H2,1H3/t12?,17-,19-,20+,21-,23-/m1/s1. The number of benzene rings is 2. The van der Waals surface area contributed by atoms with Crippen molar-refractivity contribution >= 4 is 5.97 Å². The second-order valence-electron chi connectivity index (χ2n) is 8.17. The molecule has 36 heavy (non-hydrogen) atoms. The highest BCUT2D eigenvalue weighted by Crippen LogP contribution is 2.35. The molecule has 13 nitrogen and oxygen atoms in total. The minimum Gasteiger partial charge on any atom is -0.504 e. The minimum absolute atomic E-state index is 0.0657. The van der Waals surface area contributed by atoms with Gasteiger partial charge in [-0.05, 0) is 29.8 Å². The van der Waals surface area contributed by atoms with Crippen LogP contribution in [0, 0.1) is 0 Å². The first kappa shape index (κ1) is 27.3. The normalized spacial score (nSPS) is 24.8. The van der Waals surface area contributed by atoms with Crippen molar-refractivity contribution in [2.45, 2.75) is 43.2 Å². The number of methoxy groups -OCH3 is 1. The molecule has 1 heterocycles. The summed E-state index contributed by atoms with van der Waals surface area (Å²) in [5, 5.41) is 78.9. The third-order valence-electron chi connectivity index (χ3n) is 5.52. The van der Waals surface area contributed by atoms with E-state index in [1.807, 2.05) is 0 Å². The third kappa shape index (κ3) is 6.26. The maximum absolute atomic E-state index is 12.2. The average molecular weight is 512 g/mol. The number of carbonyl (C=O) groups excluding carboxylic acids is 1. The molecule has 1 fully saturated rings. The summed E-state index contributed by atoms with van der Waals surface area (Å²) in [5.41, 5.74) is 0.313. The van der Waals surface area contributed by atoms with E-state index in [2.05, 4.69) is 0 Å². The van der Waals surface area contributed by atoms with Gasteiger partial charge in [-0.25, -0.2) is 4.79 Å². The Morgan fingerprint density at radius 3 is 2.28 bits per heavy atom. The van der Waals surface area contributed by atoms with Crippen LogP contribution in [0.3, 0.4) is 0 Å². The summed E-state index contributed by atoms with van der Waals surface area (Å²) in [4.78, 5) is 12.2. The summed E-state index contributed by atoms with van der Waals surface area (Å²) in [7, 11) is 1.38. The minimum atomic E-state index is -1.73. The van der Waals surface area contributed by atoms with Crippen LogP contribution in [0.25, 0.3) is 0 Å². The van der Waals surface area contributed by atoms with Crippen molar-refractivity contribution in [1.82, 2.24) is 0 Å². The molecule has 0 aliphatic carbocycles. The van der Waals surface area contributed by atoms with Gasteiger partial charge < -0.3 is 59.8 Å². The zero-order valence-electron chi connectivity index (χ0n) is 19.1. The number of aliphatic hydroxyl groups is 4. The maximum atomic E-state index is 12.2. The Balaban J connectivity index is 1.57. The first-order valence-electron chi connectivity index (χ1n) is 10.8. The topological polar surface area (TPSA) is 216 Å². The van der Waals surface area contributed by atoms with Crippen LogP contribution in [0.15, 0.2) is 30.3 Å². The zero-order valence-corrected chi connectivity index (χ0v) is 19.1. The van der Waals surface area contributed by atoms with Gasteiger partial charge in [0, 0.05) is 6.42 Å². The number of hydrogen-bond acceptors (Lipinski definition) is 13. The van der Waals surface area contributed by atoms with Gasteiger partial charge in [-0.15, -0.1) is 0 Å². The Kier molecular flexibility index (Phi) is 8.79. The Hall–Kier alpha value is -3.33. The van der Waals surface area contributed by atoms with Crippen LogP contribution in [0.4, 0.5) is 0 Å². The molecule has 3 rings (SSSR count). The van der Waals surface area contributed by atoms with Gasteiger partial charge in [0.2, 0.25) is 0 Å². The lowest BCUT2D eigenvalue weighted by Gasteiger charge is -2.40. The number of carbonyl (C=O) groups is 1. The SMILES string of the molecule is COc1cc(CC(O)CO[C@@H]2O[C@H](COC(=O)c3cc(O)c(O)c(O)c3)[C@@H](O)[C@H](O)[C@H]2O)ccc1O. The number of ether oxygens (including phenoxy) is 4. The van der Waals surface area contributed by atoms with Crippen LogP contribution in [-0.4, -0.2) is 104 Å². The first-order chi connectivity index (χ1) is 17.0. The average Bonchev–Trinajstić information content (AvgIpc) is 2.85. The molecule has 2 aromatic rings. The molecule has 6 atom stereocenters. The molecule has 8 N–H and O–H groups in total. The molecule has 198 valence electrons. The molecule has 13 heteroatoms. The van der Waals surface area contributed by atoms with E-state index in [-0.39, 0.29) is 30.1 Å². The van der Waals surface area contributed by atoms with Crippen molar-refractivity contribution in [2.24, 2.45) is 0 Å². The summed E-state index contributed by atoms with van der Waals surface area (Å²) in [6.45, 7) is -0.950. The summed E-state index contributed by atoms with van der Waals surface area (Å²) < 4.78 is 20.8. The predicted octanol–water partition coefficient (Wildman–Crippen LogP) is -0.898. The molecule has 0 amide bonds. The van der Waals surface area contributed by atoms with Crippen molar-refractivity contribution in [3.8, 4) is 28.7 Å². The van der Waals surface area contributed by atoms with Crippen LogP contribution in [0.5, 0.6) is 28.7 Å². The maximum Gasteiger partial charge on any atom is 0.338 e. The molecule has 1 aliphatic heterocycles. The van der Waals surface area contributed by atoms with Crippen molar-refractivity contribution < 1.29 is 64.6 Å². The lowest BCUT2D eigenvalue weighted by atomic mass is 9.99. The van der Waals surface area contributed by atoms with Gasteiger partial charge in [0.05, 0.1) is 25.4 Å². The number of aromatic hydroxyl groups is 4. The third-order valence-corrected chi connectivity index (χ3v) is 5.52. The van der Waals surface area contributed by atoms with E-state index < -0.39 is 66.6 Å². The second-order valence-corrected chi connectivity index (χ2v) is 8.17. The van der Waals surface area contributed by atoms with E-state index in [0.717, 1.165) is 12.1 Å². The lowest BCUT2D eigenvalue weighted by Crippen LogP contribution is -2.59. The van der Waals surface area contributed by atoms with Gasteiger partial charge in [-0.1, -0.05) is 6.07 Å². The predicted molar refractivity (Wildman–Crippen MR) is 119 cm³/mol. The number of phenolic OH excluding ortho intramolecular Hbond substituents is 4. The van der Waals surface area contributed by atoms with Crippen LogP contribution < -0.4 is 4.74 Å². The smallest absolute Gasteiger partial charge is 0.338 e. The molecule has 0 saturated carbocycles. The Labute approximate surface area is 204 Å². The van der Waals surface area contributed by atoms with Gasteiger partial charge in [0.15, 0.2) is 35.0 Å². The molecule has 0 spiro atoms. The van der Waals surface area contributed by atoms with Crippen LogP contribution >= 0.6 is 0 Å². The van der Waals surface area contributed by atoms with Gasteiger partial charge in [-0.3, -0.25) is 0 Å². The fourth-order valence-electron chi connectivity index (χ4n) is 3.54. The largest absolute Gasteiger partial charge is 0.504 e. The highest BCUT2D eigenvalue weighted by Gasteiger charge is 2.45. The van der Waals surface area contributed by atoms with Crippen molar-refractivity contribution in [3.05, 3.63) is 41.5 Å². The number of phenols is 4. The van der Waals surface area contributed by atoms with Gasteiger partial charge in [0.25, 0.3) is 0 Å². The fourth-order valence-corrected chi connectivity index (χ4v) is 3.54. The highest BCUT2D eigenvalue weighted by molar-refractivity contribution is 5.91. The van der Waals surface area contributed by atoms with Crippen molar-refractivity contribution in [2.75, 3.05) is 20.3 Å². The molecule has 0 bridgehead atoms. The molecule has 0 radical (unpaired) electrons. The molecular formula is C23H28O13. The summed E-state index contributed by atoms with van der Waals surface area (Å²) in [5.74, 6) is -3.22. The van der Waals surface area contributed by atoms with Gasteiger partial charge in [0.1, 0.15) is 31.0 Å². The van der Waals surface area contributed by atoms with E-state index in [1.165, 1.54) is 19.2 Å². The van der Waals surface area contributed by atoms with Crippen LogP contribution in [0.2, 0.25) is 0 Å². The summed E-state index contributed by atoms with van der Waals surface area (Å²) in [6, 6.07) is 6.21. The van der Waals surface area contributed by atoms with Crippen molar-refractivity contribution in [1.29, 1.82) is 0 Å². The van der Waals surface area contributed by atoms with E-state index in [0.29, 0.717) is 5.56 Å². The number of esters is 1. The Morgan fingerprint density at radius 2 is 1.64 bits per heavy atom. The zero-order chi connectivity index (χ0) is 26.6. The molecular weight excluding hydrogens is 484 g/mol. The first-order valence-corrected chi connectivity index (χ1v) is 10.8. The van der Waals surface area contributed by atoms with E-state index in [1.54, 1.807) is 6.07 Å². The van der Waals surface area contributed by atoms with E-state index in [9.17, 15) is 45.6 Å². The summed E-state index contributed by atoms with van der Waals surface area (Å²) >= 11 is 0. The van der Waals surface area contributed by atoms with E-state index >= 15 is 0 Å². The number of hydrogen-bond donors (Lipinski definition) is 8. The van der Waals surface area contributed by atoms with Crippen molar-refractivity contribution in [3.63, 3.8) is 0 Å². The molecule has 2 aromatic carbocycles. The van der Waals surface area contributed by atoms with Crippen LogP contribution in [-0.2, 0) is 20.6 Å². The monoisotopic (exact) mass is 512 g/mol. The molecule has 1 saturated heterocycles.